The molecule has 0 saturated carbocycles. The second-order valence-corrected chi connectivity index (χ2v) is 3.97. The standard InChI is InChI=1S/C14H17NO2/c1-2-17-14(16)13(12-9-6-10-15-12)11-7-4-3-5-8-11/h3-5,7-8,15H,2,6,9-10H2,1H3/b13-12-. The van der Waals surface area contributed by atoms with E-state index in [2.05, 4.69) is 5.32 Å². The predicted octanol–water partition coefficient (Wildman–Crippen LogP) is 2.34. The van der Waals surface area contributed by atoms with Crippen LogP contribution < -0.4 is 5.32 Å². The summed E-state index contributed by atoms with van der Waals surface area (Å²) in [5, 5.41) is 3.27. The largest absolute Gasteiger partial charge is 0.462 e. The normalized spacial score (nSPS) is 17.5. The van der Waals surface area contributed by atoms with Crippen LogP contribution in [0.1, 0.15) is 25.3 Å². The third-order valence-electron chi connectivity index (χ3n) is 2.79. The van der Waals surface area contributed by atoms with Crippen molar-refractivity contribution in [2.75, 3.05) is 13.2 Å². The van der Waals surface area contributed by atoms with Crippen LogP contribution in [0.15, 0.2) is 36.0 Å². The summed E-state index contributed by atoms with van der Waals surface area (Å²) in [6.45, 7) is 3.17. The number of ether oxygens (including phenoxy) is 1. The zero-order valence-electron chi connectivity index (χ0n) is 10.0. The van der Waals surface area contributed by atoms with Gasteiger partial charge < -0.3 is 10.1 Å². The summed E-state index contributed by atoms with van der Waals surface area (Å²) in [6.07, 6.45) is 1.99. The van der Waals surface area contributed by atoms with Crippen molar-refractivity contribution in [1.82, 2.24) is 5.32 Å². The molecule has 1 aromatic carbocycles. The molecule has 3 heteroatoms. The number of benzene rings is 1. The van der Waals surface area contributed by atoms with E-state index in [9.17, 15) is 4.79 Å². The first kappa shape index (κ1) is 11.7. The molecule has 1 aliphatic heterocycles. The Kier molecular flexibility index (Phi) is 3.81. The summed E-state index contributed by atoms with van der Waals surface area (Å²) in [5.41, 5.74) is 2.62. The lowest BCUT2D eigenvalue weighted by atomic mass is 10.0. The number of rotatable bonds is 3. The van der Waals surface area contributed by atoms with Gasteiger partial charge in [0.25, 0.3) is 0 Å². The third-order valence-corrected chi connectivity index (χ3v) is 2.79. The van der Waals surface area contributed by atoms with Crippen LogP contribution in [0.25, 0.3) is 5.57 Å². The highest BCUT2D eigenvalue weighted by molar-refractivity contribution is 6.17. The Balaban J connectivity index is 2.37. The summed E-state index contributed by atoms with van der Waals surface area (Å²) in [5.74, 6) is -0.233. The van der Waals surface area contributed by atoms with Crippen LogP contribution in [-0.2, 0) is 9.53 Å². The van der Waals surface area contributed by atoms with Gasteiger partial charge in [0.05, 0.1) is 12.2 Å². The van der Waals surface area contributed by atoms with Gasteiger partial charge in [-0.25, -0.2) is 4.79 Å². The molecule has 0 radical (unpaired) electrons. The smallest absolute Gasteiger partial charge is 0.340 e. The molecule has 1 aliphatic rings. The van der Waals surface area contributed by atoms with Crippen molar-refractivity contribution in [2.24, 2.45) is 0 Å². The second-order valence-electron chi connectivity index (χ2n) is 3.97. The summed E-state index contributed by atoms with van der Waals surface area (Å²) in [4.78, 5) is 12.0. The maximum absolute atomic E-state index is 12.0. The fraction of sp³-hybridized carbons (Fsp3) is 0.357. The van der Waals surface area contributed by atoms with Crippen LogP contribution in [0, 0.1) is 0 Å². The van der Waals surface area contributed by atoms with Crippen LogP contribution in [-0.4, -0.2) is 19.1 Å². The molecule has 3 nitrogen and oxygen atoms in total. The molecule has 0 atom stereocenters. The van der Waals surface area contributed by atoms with E-state index in [0.29, 0.717) is 12.2 Å². The highest BCUT2D eigenvalue weighted by atomic mass is 16.5. The average Bonchev–Trinajstić information content (AvgIpc) is 2.85. The molecule has 0 bridgehead atoms. The Morgan fingerprint density at radius 1 is 1.35 bits per heavy atom. The topological polar surface area (TPSA) is 38.3 Å². The molecular formula is C14H17NO2. The Morgan fingerprint density at radius 3 is 2.71 bits per heavy atom. The molecule has 0 spiro atoms. The predicted molar refractivity (Wildman–Crippen MR) is 67.2 cm³/mol. The Bertz CT molecular complexity index is 415. The number of carbonyl (C=O) groups excluding carboxylic acids is 1. The quantitative estimate of drug-likeness (QED) is 0.641. The van der Waals surface area contributed by atoms with Crippen LogP contribution >= 0.6 is 0 Å². The minimum Gasteiger partial charge on any atom is -0.462 e. The molecule has 1 fully saturated rings. The molecule has 1 heterocycles. The molecule has 1 aromatic rings. The Morgan fingerprint density at radius 2 is 2.12 bits per heavy atom. The van der Waals surface area contributed by atoms with Gasteiger partial charge in [-0.3, -0.25) is 0 Å². The zero-order chi connectivity index (χ0) is 12.1. The van der Waals surface area contributed by atoms with E-state index in [4.69, 9.17) is 4.74 Å². The van der Waals surface area contributed by atoms with Gasteiger partial charge in [-0.1, -0.05) is 30.3 Å². The van der Waals surface area contributed by atoms with Crippen molar-refractivity contribution in [1.29, 1.82) is 0 Å². The average molecular weight is 231 g/mol. The molecule has 2 rings (SSSR count). The molecule has 0 unspecified atom stereocenters. The molecule has 90 valence electrons. The van der Waals surface area contributed by atoms with E-state index in [1.807, 2.05) is 37.3 Å². The summed E-state index contributed by atoms with van der Waals surface area (Å²) in [7, 11) is 0. The minimum atomic E-state index is -0.233. The van der Waals surface area contributed by atoms with Crippen LogP contribution in [0.4, 0.5) is 0 Å². The highest BCUT2D eigenvalue weighted by Crippen LogP contribution is 2.24. The fourth-order valence-corrected chi connectivity index (χ4v) is 2.03. The van der Waals surface area contributed by atoms with Crippen molar-refractivity contribution in [3.63, 3.8) is 0 Å². The van der Waals surface area contributed by atoms with E-state index in [1.165, 1.54) is 0 Å². The Labute approximate surface area is 101 Å². The molecular weight excluding hydrogens is 214 g/mol. The lowest BCUT2D eigenvalue weighted by molar-refractivity contribution is -0.136. The van der Waals surface area contributed by atoms with Crippen LogP contribution in [0.3, 0.4) is 0 Å². The van der Waals surface area contributed by atoms with Gasteiger partial charge in [0.15, 0.2) is 0 Å². The fourth-order valence-electron chi connectivity index (χ4n) is 2.03. The molecule has 0 aliphatic carbocycles. The summed E-state index contributed by atoms with van der Waals surface area (Å²) < 4.78 is 5.13. The van der Waals surface area contributed by atoms with E-state index in [-0.39, 0.29) is 5.97 Å². The molecule has 1 saturated heterocycles. The van der Waals surface area contributed by atoms with Gasteiger partial charge in [0, 0.05) is 12.2 Å². The maximum Gasteiger partial charge on any atom is 0.340 e. The number of nitrogens with one attached hydrogen (secondary N) is 1. The second kappa shape index (κ2) is 5.53. The van der Waals surface area contributed by atoms with Crippen LogP contribution in [0.5, 0.6) is 0 Å². The van der Waals surface area contributed by atoms with E-state index < -0.39 is 0 Å². The first-order valence-electron chi connectivity index (χ1n) is 6.02. The van der Waals surface area contributed by atoms with Crippen molar-refractivity contribution in [3.8, 4) is 0 Å². The summed E-state index contributed by atoms with van der Waals surface area (Å²) >= 11 is 0. The lowest BCUT2D eigenvalue weighted by Gasteiger charge is -2.11. The lowest BCUT2D eigenvalue weighted by Crippen LogP contribution is -2.14. The molecule has 0 amide bonds. The number of carbonyl (C=O) groups is 1. The number of hydrogen-bond donors (Lipinski definition) is 1. The van der Waals surface area contributed by atoms with Gasteiger partial charge in [-0.15, -0.1) is 0 Å². The SMILES string of the molecule is CCOC(=O)/C(=C1/CCCN1)c1ccccc1. The summed E-state index contributed by atoms with van der Waals surface area (Å²) in [6, 6.07) is 9.70. The minimum absolute atomic E-state index is 0.233. The number of esters is 1. The van der Waals surface area contributed by atoms with Crippen molar-refractivity contribution < 1.29 is 9.53 Å². The van der Waals surface area contributed by atoms with Gasteiger partial charge >= 0.3 is 5.97 Å². The van der Waals surface area contributed by atoms with Crippen molar-refractivity contribution in [3.05, 3.63) is 41.6 Å². The van der Waals surface area contributed by atoms with Gasteiger partial charge in [0.1, 0.15) is 0 Å². The Hall–Kier alpha value is -1.77. The first-order valence-corrected chi connectivity index (χ1v) is 6.02. The molecule has 17 heavy (non-hydrogen) atoms. The zero-order valence-corrected chi connectivity index (χ0v) is 10.0. The van der Waals surface area contributed by atoms with Crippen molar-refractivity contribution in [2.45, 2.75) is 19.8 Å². The van der Waals surface area contributed by atoms with Crippen molar-refractivity contribution >= 4 is 11.5 Å². The van der Waals surface area contributed by atoms with Gasteiger partial charge in [-0.2, -0.15) is 0 Å². The van der Waals surface area contributed by atoms with E-state index in [0.717, 1.165) is 30.6 Å². The van der Waals surface area contributed by atoms with Gasteiger partial charge in [-0.05, 0) is 25.3 Å². The highest BCUT2D eigenvalue weighted by Gasteiger charge is 2.20. The van der Waals surface area contributed by atoms with E-state index >= 15 is 0 Å². The number of allylic oxidation sites excluding steroid dienone is 1. The van der Waals surface area contributed by atoms with Crippen LogP contribution in [0.2, 0.25) is 0 Å². The van der Waals surface area contributed by atoms with Gasteiger partial charge in [0.2, 0.25) is 0 Å². The number of hydrogen-bond acceptors (Lipinski definition) is 3. The third kappa shape index (κ3) is 2.67. The maximum atomic E-state index is 12.0. The monoisotopic (exact) mass is 231 g/mol. The van der Waals surface area contributed by atoms with E-state index in [1.54, 1.807) is 0 Å². The molecule has 1 N–H and O–H groups in total. The molecule has 0 aromatic heterocycles. The first-order chi connectivity index (χ1) is 8.33.